The monoisotopic (exact) mass is 217 g/mol. The van der Waals surface area contributed by atoms with Crippen LogP contribution in [0.15, 0.2) is 0 Å². The fourth-order valence-electron chi connectivity index (χ4n) is 1.76. The quantitative estimate of drug-likeness (QED) is 0.690. The molecule has 1 N–H and O–H groups in total. The first-order valence-electron chi connectivity index (χ1n) is 5.63. The van der Waals surface area contributed by atoms with E-state index < -0.39 is 0 Å². The van der Waals surface area contributed by atoms with Crippen LogP contribution in [-0.2, 0) is 4.74 Å². The molecule has 1 fully saturated rings. The van der Waals surface area contributed by atoms with Crippen molar-refractivity contribution in [1.29, 1.82) is 0 Å². The van der Waals surface area contributed by atoms with Crippen LogP contribution in [0.25, 0.3) is 0 Å². The second-order valence-corrected chi connectivity index (χ2v) is 5.55. The molecular formula is C11H23NOS. The summed E-state index contributed by atoms with van der Waals surface area (Å²) >= 11 is 2.02. The van der Waals surface area contributed by atoms with Crippen molar-refractivity contribution in [2.24, 2.45) is 0 Å². The second-order valence-electron chi connectivity index (χ2n) is 4.16. The Kier molecular flexibility index (Phi) is 5.28. The molecule has 0 radical (unpaired) electrons. The van der Waals surface area contributed by atoms with Crippen LogP contribution >= 0.6 is 11.8 Å². The van der Waals surface area contributed by atoms with E-state index in [0.717, 1.165) is 19.6 Å². The summed E-state index contributed by atoms with van der Waals surface area (Å²) in [5, 5.41) is 3.63. The van der Waals surface area contributed by atoms with Crippen LogP contribution < -0.4 is 5.32 Å². The average Bonchev–Trinajstić information content (AvgIpc) is 2.47. The zero-order chi connectivity index (χ0) is 10.4. The summed E-state index contributed by atoms with van der Waals surface area (Å²) in [4.78, 5) is 0. The van der Waals surface area contributed by atoms with Gasteiger partial charge in [0.2, 0.25) is 0 Å². The summed E-state index contributed by atoms with van der Waals surface area (Å²) in [7, 11) is 0. The maximum absolute atomic E-state index is 5.58. The van der Waals surface area contributed by atoms with Crippen LogP contribution in [-0.4, -0.2) is 36.3 Å². The molecule has 0 aliphatic carbocycles. The topological polar surface area (TPSA) is 21.3 Å². The largest absolute Gasteiger partial charge is 0.377 e. The van der Waals surface area contributed by atoms with Gasteiger partial charge >= 0.3 is 0 Å². The zero-order valence-electron chi connectivity index (χ0n) is 9.64. The molecule has 2 nitrogen and oxygen atoms in total. The molecular weight excluding hydrogens is 194 g/mol. The molecule has 0 bridgehead atoms. The van der Waals surface area contributed by atoms with Gasteiger partial charge in [0.25, 0.3) is 0 Å². The smallest absolute Gasteiger partial charge is 0.0726 e. The van der Waals surface area contributed by atoms with E-state index in [9.17, 15) is 0 Å². The Balaban J connectivity index is 2.10. The molecule has 1 saturated heterocycles. The molecule has 1 rings (SSSR count). The highest BCUT2D eigenvalue weighted by atomic mass is 32.2. The van der Waals surface area contributed by atoms with Gasteiger partial charge < -0.3 is 10.1 Å². The minimum Gasteiger partial charge on any atom is -0.377 e. The number of rotatable bonds is 6. The maximum atomic E-state index is 5.58. The Labute approximate surface area is 92.2 Å². The summed E-state index contributed by atoms with van der Waals surface area (Å²) in [6.07, 6.45) is 2.77. The third-order valence-electron chi connectivity index (χ3n) is 3.08. The Hall–Kier alpha value is 0.270. The summed E-state index contributed by atoms with van der Waals surface area (Å²) in [5.41, 5.74) is 0.219. The van der Waals surface area contributed by atoms with E-state index in [1.165, 1.54) is 17.9 Å². The third-order valence-corrected chi connectivity index (χ3v) is 4.07. The van der Waals surface area contributed by atoms with Gasteiger partial charge in [-0.15, -0.1) is 0 Å². The minimum absolute atomic E-state index is 0.219. The average molecular weight is 217 g/mol. The number of nitrogens with one attached hydrogen (secondary N) is 1. The van der Waals surface area contributed by atoms with Gasteiger partial charge in [-0.05, 0) is 44.7 Å². The van der Waals surface area contributed by atoms with Crippen molar-refractivity contribution < 1.29 is 4.74 Å². The van der Waals surface area contributed by atoms with Crippen LogP contribution in [0.1, 0.15) is 33.6 Å². The lowest BCUT2D eigenvalue weighted by Crippen LogP contribution is -2.48. The molecule has 0 aromatic carbocycles. The predicted octanol–water partition coefficient (Wildman–Crippen LogP) is 2.29. The number of hydrogen-bond donors (Lipinski definition) is 1. The van der Waals surface area contributed by atoms with E-state index in [4.69, 9.17) is 4.74 Å². The molecule has 0 amide bonds. The Morgan fingerprint density at radius 3 is 2.93 bits per heavy atom. The highest BCUT2D eigenvalue weighted by Crippen LogP contribution is 2.24. The first-order valence-corrected chi connectivity index (χ1v) is 6.79. The van der Waals surface area contributed by atoms with E-state index in [1.807, 2.05) is 11.8 Å². The Morgan fingerprint density at radius 2 is 2.36 bits per heavy atom. The Morgan fingerprint density at radius 1 is 1.57 bits per heavy atom. The van der Waals surface area contributed by atoms with Crippen molar-refractivity contribution >= 4 is 11.8 Å². The SMILES string of the molecule is CCSCCCNC1(C)CCOC1C. The minimum atomic E-state index is 0.219. The molecule has 0 saturated carbocycles. The van der Waals surface area contributed by atoms with Gasteiger partial charge in [0, 0.05) is 12.1 Å². The van der Waals surface area contributed by atoms with Crippen LogP contribution in [0.2, 0.25) is 0 Å². The van der Waals surface area contributed by atoms with E-state index in [2.05, 4.69) is 26.1 Å². The van der Waals surface area contributed by atoms with E-state index in [1.54, 1.807) is 0 Å². The number of hydrogen-bond acceptors (Lipinski definition) is 3. The summed E-state index contributed by atoms with van der Waals surface area (Å²) in [5.74, 6) is 2.51. The maximum Gasteiger partial charge on any atom is 0.0726 e. The molecule has 0 aromatic heterocycles. The fraction of sp³-hybridized carbons (Fsp3) is 1.00. The third kappa shape index (κ3) is 3.44. The molecule has 0 aromatic rings. The van der Waals surface area contributed by atoms with Crippen molar-refractivity contribution in [3.05, 3.63) is 0 Å². The first kappa shape index (κ1) is 12.3. The second kappa shape index (κ2) is 5.99. The highest BCUT2D eigenvalue weighted by molar-refractivity contribution is 7.99. The van der Waals surface area contributed by atoms with E-state index >= 15 is 0 Å². The number of ether oxygens (including phenoxy) is 1. The van der Waals surface area contributed by atoms with Crippen molar-refractivity contribution in [1.82, 2.24) is 5.32 Å². The summed E-state index contributed by atoms with van der Waals surface area (Å²) in [6.45, 7) is 8.69. The van der Waals surface area contributed by atoms with Crippen LogP contribution in [0.3, 0.4) is 0 Å². The van der Waals surface area contributed by atoms with Gasteiger partial charge in [-0.1, -0.05) is 6.92 Å². The van der Waals surface area contributed by atoms with Crippen molar-refractivity contribution in [3.8, 4) is 0 Å². The van der Waals surface area contributed by atoms with Crippen LogP contribution in [0.5, 0.6) is 0 Å². The first-order chi connectivity index (χ1) is 6.69. The predicted molar refractivity (Wildman–Crippen MR) is 64.1 cm³/mol. The molecule has 2 atom stereocenters. The summed E-state index contributed by atoms with van der Waals surface area (Å²) < 4.78 is 5.58. The lowest BCUT2D eigenvalue weighted by atomic mass is 9.95. The van der Waals surface area contributed by atoms with Crippen molar-refractivity contribution in [3.63, 3.8) is 0 Å². The van der Waals surface area contributed by atoms with Gasteiger partial charge in [-0.25, -0.2) is 0 Å². The standard InChI is InChI=1S/C11H23NOS/c1-4-14-9-5-7-12-11(3)6-8-13-10(11)2/h10,12H,4-9H2,1-3H3. The van der Waals surface area contributed by atoms with E-state index in [0.29, 0.717) is 6.10 Å². The van der Waals surface area contributed by atoms with Crippen LogP contribution in [0, 0.1) is 0 Å². The Bertz CT molecular complexity index is 165. The normalized spacial score (nSPS) is 32.4. The number of thioether (sulfide) groups is 1. The molecule has 1 aliphatic heterocycles. The van der Waals surface area contributed by atoms with Gasteiger partial charge in [0.05, 0.1) is 6.10 Å². The highest BCUT2D eigenvalue weighted by Gasteiger charge is 2.35. The molecule has 84 valence electrons. The molecule has 3 heteroatoms. The lowest BCUT2D eigenvalue weighted by molar-refractivity contribution is 0.0889. The fourth-order valence-corrected chi connectivity index (χ4v) is 2.40. The van der Waals surface area contributed by atoms with Gasteiger partial charge in [0.15, 0.2) is 0 Å². The van der Waals surface area contributed by atoms with E-state index in [-0.39, 0.29) is 5.54 Å². The molecule has 1 aliphatic rings. The molecule has 1 heterocycles. The molecule has 0 spiro atoms. The zero-order valence-corrected chi connectivity index (χ0v) is 10.5. The molecule has 2 unspecified atom stereocenters. The van der Waals surface area contributed by atoms with Crippen LogP contribution in [0.4, 0.5) is 0 Å². The van der Waals surface area contributed by atoms with Crippen molar-refractivity contribution in [2.75, 3.05) is 24.7 Å². The van der Waals surface area contributed by atoms with Gasteiger partial charge in [-0.2, -0.15) is 11.8 Å². The lowest BCUT2D eigenvalue weighted by Gasteiger charge is -2.29. The summed E-state index contributed by atoms with van der Waals surface area (Å²) in [6, 6.07) is 0. The van der Waals surface area contributed by atoms with Gasteiger partial charge in [0.1, 0.15) is 0 Å². The van der Waals surface area contributed by atoms with Gasteiger partial charge in [-0.3, -0.25) is 0 Å². The molecule has 14 heavy (non-hydrogen) atoms. The van der Waals surface area contributed by atoms with Crippen molar-refractivity contribution in [2.45, 2.75) is 45.3 Å².